The molecule has 20 heavy (non-hydrogen) atoms. The number of rotatable bonds is 6. The molecule has 112 valence electrons. The maximum atomic E-state index is 12.8. The molecule has 0 radical (unpaired) electrons. The van der Waals surface area contributed by atoms with Crippen LogP contribution >= 0.6 is 7.60 Å². The van der Waals surface area contributed by atoms with Crippen molar-refractivity contribution >= 4 is 25.6 Å². The highest BCUT2D eigenvalue weighted by molar-refractivity contribution is 7.54. The Morgan fingerprint density at radius 3 is 2.30 bits per heavy atom. The fourth-order valence-corrected chi connectivity index (χ4v) is 4.71. The van der Waals surface area contributed by atoms with Crippen LogP contribution in [0.2, 0.25) is 0 Å². The third-order valence-corrected chi connectivity index (χ3v) is 5.81. The van der Waals surface area contributed by atoms with E-state index < -0.39 is 25.2 Å². The Bertz CT molecular complexity index is 482. The van der Waals surface area contributed by atoms with Gasteiger partial charge < -0.3 is 9.05 Å². The summed E-state index contributed by atoms with van der Waals surface area (Å²) in [5.41, 5.74) is 0. The number of fused-ring (bicyclic) bond motifs is 1. The summed E-state index contributed by atoms with van der Waals surface area (Å²) in [6, 6.07) is 0. The van der Waals surface area contributed by atoms with E-state index in [-0.39, 0.29) is 25.0 Å². The van der Waals surface area contributed by atoms with Gasteiger partial charge in [-0.2, -0.15) is 0 Å². The molecule has 0 aromatic carbocycles. The molecule has 2 rings (SSSR count). The van der Waals surface area contributed by atoms with Crippen molar-refractivity contribution < 1.29 is 23.2 Å². The summed E-state index contributed by atoms with van der Waals surface area (Å²) in [5, 5.41) is 0. The zero-order valence-corrected chi connectivity index (χ0v) is 12.7. The van der Waals surface area contributed by atoms with Crippen LogP contribution < -0.4 is 0 Å². The van der Waals surface area contributed by atoms with Crippen LogP contribution in [-0.4, -0.2) is 48.5 Å². The van der Waals surface area contributed by atoms with Crippen LogP contribution in [0.25, 0.3) is 0 Å². The lowest BCUT2D eigenvalue weighted by Gasteiger charge is -2.24. The van der Waals surface area contributed by atoms with Crippen molar-refractivity contribution in [2.45, 2.75) is 26.6 Å². The first-order valence-corrected chi connectivity index (χ1v) is 8.38. The minimum Gasteiger partial charge on any atom is -0.307 e. The zero-order chi connectivity index (χ0) is 14.9. The van der Waals surface area contributed by atoms with Gasteiger partial charge in [0.15, 0.2) is 5.78 Å². The molecule has 0 saturated carbocycles. The Morgan fingerprint density at radius 1 is 1.20 bits per heavy atom. The number of carbonyl (C=O) groups excluding carboxylic acids is 2. The van der Waals surface area contributed by atoms with Crippen molar-refractivity contribution in [3.8, 4) is 0 Å². The summed E-state index contributed by atoms with van der Waals surface area (Å²) in [7, 11) is -3.54. The summed E-state index contributed by atoms with van der Waals surface area (Å²) in [6.07, 6.45) is 1.41. The first-order valence-electron chi connectivity index (χ1n) is 6.77. The van der Waals surface area contributed by atoms with Crippen LogP contribution in [0.15, 0.2) is 4.99 Å². The SMILES string of the molecule is CCOP(=O)(OCC)[C@@H]1N=C[C@H]2C(=O)N(CC)C(=O)[C@@H]12. The van der Waals surface area contributed by atoms with Gasteiger partial charge in [0.2, 0.25) is 11.8 Å². The highest BCUT2D eigenvalue weighted by atomic mass is 31.2. The van der Waals surface area contributed by atoms with E-state index in [1.54, 1.807) is 20.8 Å². The summed E-state index contributed by atoms with van der Waals surface area (Å²) in [6.45, 7) is 5.82. The number of likely N-dealkylation sites (tertiary alicyclic amines) is 1. The molecule has 0 unspecified atom stereocenters. The first-order chi connectivity index (χ1) is 9.50. The fraction of sp³-hybridized carbons (Fsp3) is 0.750. The quantitative estimate of drug-likeness (QED) is 0.545. The molecule has 7 nitrogen and oxygen atoms in total. The second kappa shape index (κ2) is 5.76. The third-order valence-electron chi connectivity index (χ3n) is 3.47. The monoisotopic (exact) mass is 302 g/mol. The molecular weight excluding hydrogens is 283 g/mol. The molecule has 2 aliphatic rings. The van der Waals surface area contributed by atoms with Crippen molar-refractivity contribution in [2.75, 3.05) is 19.8 Å². The molecule has 2 amide bonds. The first kappa shape index (κ1) is 15.4. The predicted octanol–water partition coefficient (Wildman–Crippen LogP) is 1.28. The van der Waals surface area contributed by atoms with Crippen LogP contribution in [0, 0.1) is 11.8 Å². The van der Waals surface area contributed by atoms with Gasteiger partial charge in [0, 0.05) is 12.8 Å². The molecule has 0 spiro atoms. The van der Waals surface area contributed by atoms with Gasteiger partial charge in [-0.25, -0.2) is 0 Å². The Hall–Kier alpha value is -1.04. The maximum Gasteiger partial charge on any atom is 0.355 e. The second-order valence-corrected chi connectivity index (χ2v) is 6.68. The normalized spacial score (nSPS) is 29.4. The van der Waals surface area contributed by atoms with Crippen LogP contribution in [0.3, 0.4) is 0 Å². The number of aliphatic imine (C=N–C) groups is 1. The highest BCUT2D eigenvalue weighted by Crippen LogP contribution is 2.59. The number of nitrogens with zero attached hydrogens (tertiary/aromatic N) is 2. The fourth-order valence-electron chi connectivity index (χ4n) is 2.66. The molecule has 8 heteroatoms. The van der Waals surface area contributed by atoms with Gasteiger partial charge in [-0.05, 0) is 20.8 Å². The van der Waals surface area contributed by atoms with E-state index in [0.717, 1.165) is 0 Å². The van der Waals surface area contributed by atoms with Crippen molar-refractivity contribution in [2.24, 2.45) is 16.8 Å². The molecule has 0 N–H and O–H groups in total. The van der Waals surface area contributed by atoms with Gasteiger partial charge in [0.1, 0.15) is 0 Å². The molecule has 0 aliphatic carbocycles. The standard InChI is InChI=1S/C12H19N2O5P/c1-4-14-11(15)8-7-13-10(9(8)12(14)16)20(17,18-5-2)19-6-3/h7-10H,4-6H2,1-3H3/t8-,9-,10+/m1/s1. The van der Waals surface area contributed by atoms with Crippen molar-refractivity contribution in [1.82, 2.24) is 4.90 Å². The van der Waals surface area contributed by atoms with Gasteiger partial charge in [-0.15, -0.1) is 0 Å². The largest absolute Gasteiger partial charge is 0.355 e. The summed E-state index contributed by atoms with van der Waals surface area (Å²) in [4.78, 5) is 29.6. The minimum absolute atomic E-state index is 0.195. The summed E-state index contributed by atoms with van der Waals surface area (Å²) < 4.78 is 23.3. The minimum atomic E-state index is -3.54. The van der Waals surface area contributed by atoms with E-state index in [1.165, 1.54) is 11.1 Å². The van der Waals surface area contributed by atoms with Gasteiger partial charge in [-0.1, -0.05) is 0 Å². The Kier molecular flexibility index (Phi) is 4.42. The lowest BCUT2D eigenvalue weighted by atomic mass is 9.99. The van der Waals surface area contributed by atoms with E-state index in [1.807, 2.05) is 0 Å². The van der Waals surface area contributed by atoms with Gasteiger partial charge in [0.05, 0.1) is 25.0 Å². The Labute approximate surface area is 117 Å². The van der Waals surface area contributed by atoms with E-state index >= 15 is 0 Å². The summed E-state index contributed by atoms with van der Waals surface area (Å²) in [5.74, 6) is -2.94. The Morgan fingerprint density at radius 2 is 1.80 bits per heavy atom. The highest BCUT2D eigenvalue weighted by Gasteiger charge is 2.58. The van der Waals surface area contributed by atoms with Crippen LogP contribution in [0.5, 0.6) is 0 Å². The molecule has 0 bridgehead atoms. The van der Waals surface area contributed by atoms with E-state index in [2.05, 4.69) is 4.99 Å². The number of carbonyl (C=O) groups is 2. The lowest BCUT2D eigenvalue weighted by molar-refractivity contribution is -0.139. The van der Waals surface area contributed by atoms with Gasteiger partial charge in [-0.3, -0.25) is 24.0 Å². The number of amides is 2. The zero-order valence-electron chi connectivity index (χ0n) is 11.8. The van der Waals surface area contributed by atoms with Crippen LogP contribution in [-0.2, 0) is 23.2 Å². The van der Waals surface area contributed by atoms with Crippen LogP contribution in [0.4, 0.5) is 0 Å². The molecule has 1 saturated heterocycles. The molecule has 0 aromatic heterocycles. The van der Waals surface area contributed by atoms with Crippen molar-refractivity contribution in [1.29, 1.82) is 0 Å². The molecule has 3 atom stereocenters. The van der Waals surface area contributed by atoms with E-state index in [9.17, 15) is 14.2 Å². The van der Waals surface area contributed by atoms with E-state index in [4.69, 9.17) is 9.05 Å². The van der Waals surface area contributed by atoms with Gasteiger partial charge in [0.25, 0.3) is 0 Å². The molecule has 1 fully saturated rings. The van der Waals surface area contributed by atoms with E-state index in [0.29, 0.717) is 6.54 Å². The molecular formula is C12H19N2O5P. The number of imide groups is 1. The number of hydrogen-bond donors (Lipinski definition) is 0. The Balaban J connectivity index is 2.31. The molecule has 2 aliphatic heterocycles. The number of hydrogen-bond acceptors (Lipinski definition) is 6. The third kappa shape index (κ3) is 2.24. The average Bonchev–Trinajstić information content (AvgIpc) is 2.92. The van der Waals surface area contributed by atoms with Crippen molar-refractivity contribution in [3.05, 3.63) is 0 Å². The maximum absolute atomic E-state index is 12.8. The lowest BCUT2D eigenvalue weighted by Crippen LogP contribution is -2.33. The molecule has 0 aromatic rings. The topological polar surface area (TPSA) is 85.3 Å². The second-order valence-electron chi connectivity index (χ2n) is 4.56. The van der Waals surface area contributed by atoms with Gasteiger partial charge >= 0.3 is 7.60 Å². The predicted molar refractivity (Wildman–Crippen MR) is 72.5 cm³/mol. The van der Waals surface area contributed by atoms with Crippen molar-refractivity contribution in [3.63, 3.8) is 0 Å². The molecule has 2 heterocycles. The smallest absolute Gasteiger partial charge is 0.307 e. The van der Waals surface area contributed by atoms with Crippen LogP contribution in [0.1, 0.15) is 20.8 Å². The summed E-state index contributed by atoms with van der Waals surface area (Å²) >= 11 is 0. The average molecular weight is 302 g/mol.